The molecule has 0 bridgehead atoms. The molecule has 0 aliphatic heterocycles. The molecular weight excluding hydrogens is 236 g/mol. The minimum atomic E-state index is -0.542. The zero-order valence-corrected chi connectivity index (χ0v) is 10.3. The van der Waals surface area contributed by atoms with Crippen molar-refractivity contribution in [2.75, 3.05) is 6.61 Å². The SMILES string of the molecule is CCC(CO)NC(=O)c1cc([N+](=O)[O-])ccc1C. The number of nitro benzene ring substituents is 1. The first-order chi connectivity index (χ1) is 8.49. The molecule has 18 heavy (non-hydrogen) atoms. The number of carbonyl (C=O) groups is 1. The second-order valence-electron chi connectivity index (χ2n) is 4.02. The van der Waals surface area contributed by atoms with Crippen molar-refractivity contribution in [1.82, 2.24) is 5.32 Å². The molecule has 2 N–H and O–H groups in total. The maximum absolute atomic E-state index is 11.9. The molecule has 1 aromatic carbocycles. The number of aliphatic hydroxyl groups excluding tert-OH is 1. The highest BCUT2D eigenvalue weighted by Crippen LogP contribution is 2.17. The molecule has 1 aromatic rings. The molecule has 1 atom stereocenters. The number of hydrogen-bond acceptors (Lipinski definition) is 4. The first-order valence-electron chi connectivity index (χ1n) is 5.66. The number of nitrogens with one attached hydrogen (secondary N) is 1. The number of rotatable bonds is 5. The Morgan fingerprint density at radius 1 is 1.56 bits per heavy atom. The molecular formula is C12H16N2O4. The summed E-state index contributed by atoms with van der Waals surface area (Å²) in [6.07, 6.45) is 0.593. The number of nitro groups is 1. The lowest BCUT2D eigenvalue weighted by molar-refractivity contribution is -0.384. The lowest BCUT2D eigenvalue weighted by Gasteiger charge is -2.14. The molecule has 1 rings (SSSR count). The zero-order valence-electron chi connectivity index (χ0n) is 10.3. The van der Waals surface area contributed by atoms with Gasteiger partial charge in [-0.15, -0.1) is 0 Å². The van der Waals surface area contributed by atoms with Gasteiger partial charge in [0.2, 0.25) is 0 Å². The molecule has 1 unspecified atom stereocenters. The van der Waals surface area contributed by atoms with Crippen molar-refractivity contribution in [1.29, 1.82) is 0 Å². The van der Waals surface area contributed by atoms with E-state index in [1.165, 1.54) is 18.2 Å². The minimum Gasteiger partial charge on any atom is -0.394 e. The number of hydrogen-bond donors (Lipinski definition) is 2. The van der Waals surface area contributed by atoms with Crippen LogP contribution in [-0.2, 0) is 0 Å². The first-order valence-corrected chi connectivity index (χ1v) is 5.66. The largest absolute Gasteiger partial charge is 0.394 e. The summed E-state index contributed by atoms with van der Waals surface area (Å²) in [5.74, 6) is -0.405. The highest BCUT2D eigenvalue weighted by molar-refractivity contribution is 5.96. The monoisotopic (exact) mass is 252 g/mol. The second-order valence-corrected chi connectivity index (χ2v) is 4.02. The Labute approximate surface area is 105 Å². The summed E-state index contributed by atoms with van der Waals surface area (Å²) in [6, 6.07) is 3.80. The zero-order chi connectivity index (χ0) is 13.7. The Hall–Kier alpha value is -1.95. The lowest BCUT2D eigenvalue weighted by Crippen LogP contribution is -2.37. The fraction of sp³-hybridized carbons (Fsp3) is 0.417. The van der Waals surface area contributed by atoms with Crippen molar-refractivity contribution in [3.63, 3.8) is 0 Å². The Kier molecular flexibility index (Phi) is 4.79. The molecule has 0 radical (unpaired) electrons. The summed E-state index contributed by atoms with van der Waals surface area (Å²) in [4.78, 5) is 22.0. The van der Waals surface area contributed by atoms with Gasteiger partial charge in [0.15, 0.2) is 0 Å². The maximum atomic E-state index is 11.9. The summed E-state index contributed by atoms with van der Waals surface area (Å²) in [7, 11) is 0. The summed E-state index contributed by atoms with van der Waals surface area (Å²) in [5.41, 5.74) is 0.796. The molecule has 0 aliphatic carbocycles. The highest BCUT2D eigenvalue weighted by atomic mass is 16.6. The average molecular weight is 252 g/mol. The van der Waals surface area contributed by atoms with Crippen molar-refractivity contribution in [2.24, 2.45) is 0 Å². The van der Waals surface area contributed by atoms with Crippen LogP contribution in [0, 0.1) is 17.0 Å². The van der Waals surface area contributed by atoms with E-state index in [1.807, 2.05) is 6.92 Å². The third-order valence-corrected chi connectivity index (χ3v) is 2.73. The molecule has 0 aliphatic rings. The summed E-state index contributed by atoms with van der Waals surface area (Å²) in [5, 5.41) is 22.3. The van der Waals surface area contributed by atoms with Gasteiger partial charge in [-0.25, -0.2) is 0 Å². The normalized spacial score (nSPS) is 11.9. The van der Waals surface area contributed by atoms with Crippen LogP contribution in [0.25, 0.3) is 0 Å². The van der Waals surface area contributed by atoms with E-state index < -0.39 is 10.8 Å². The number of aryl methyl sites for hydroxylation is 1. The van der Waals surface area contributed by atoms with E-state index in [4.69, 9.17) is 5.11 Å². The van der Waals surface area contributed by atoms with Crippen molar-refractivity contribution < 1.29 is 14.8 Å². The molecule has 1 amide bonds. The van der Waals surface area contributed by atoms with E-state index in [9.17, 15) is 14.9 Å². The van der Waals surface area contributed by atoms with Gasteiger partial charge < -0.3 is 10.4 Å². The van der Waals surface area contributed by atoms with Crippen LogP contribution in [-0.4, -0.2) is 28.6 Å². The van der Waals surface area contributed by atoms with Crippen LogP contribution < -0.4 is 5.32 Å². The Morgan fingerprint density at radius 3 is 2.72 bits per heavy atom. The number of aliphatic hydroxyl groups is 1. The number of non-ortho nitro benzene ring substituents is 1. The molecule has 6 heteroatoms. The number of carbonyl (C=O) groups excluding carboxylic acids is 1. The van der Waals surface area contributed by atoms with Gasteiger partial charge in [-0.1, -0.05) is 13.0 Å². The first kappa shape index (κ1) is 14.1. The Morgan fingerprint density at radius 2 is 2.22 bits per heavy atom. The van der Waals surface area contributed by atoms with Gasteiger partial charge in [0, 0.05) is 17.7 Å². The third kappa shape index (κ3) is 3.27. The van der Waals surface area contributed by atoms with Crippen LogP contribution in [0.15, 0.2) is 18.2 Å². The molecule has 0 saturated heterocycles. The number of nitrogens with zero attached hydrogens (tertiary/aromatic N) is 1. The van der Waals surface area contributed by atoms with Crippen molar-refractivity contribution in [3.8, 4) is 0 Å². The standard InChI is InChI=1S/C12H16N2O4/c1-3-9(7-15)13-12(16)11-6-10(14(17)18)5-4-8(11)2/h4-6,9,15H,3,7H2,1-2H3,(H,13,16). The highest BCUT2D eigenvalue weighted by Gasteiger charge is 2.16. The van der Waals surface area contributed by atoms with Gasteiger partial charge >= 0.3 is 0 Å². The summed E-state index contributed by atoms with van der Waals surface area (Å²) >= 11 is 0. The van der Waals surface area contributed by atoms with Gasteiger partial charge in [0.1, 0.15) is 0 Å². The van der Waals surface area contributed by atoms with Gasteiger partial charge in [-0.05, 0) is 18.9 Å². The Balaban J connectivity index is 2.97. The van der Waals surface area contributed by atoms with Crippen molar-refractivity contribution in [2.45, 2.75) is 26.3 Å². The summed E-state index contributed by atoms with van der Waals surface area (Å²) < 4.78 is 0. The predicted molar refractivity (Wildman–Crippen MR) is 66.5 cm³/mol. The second kappa shape index (κ2) is 6.11. The quantitative estimate of drug-likeness (QED) is 0.612. The van der Waals surface area contributed by atoms with E-state index in [1.54, 1.807) is 6.92 Å². The topological polar surface area (TPSA) is 92.5 Å². The summed E-state index contributed by atoms with van der Waals surface area (Å²) in [6.45, 7) is 3.39. The molecule has 0 heterocycles. The fourth-order valence-electron chi connectivity index (χ4n) is 1.51. The van der Waals surface area contributed by atoms with Gasteiger partial charge in [-0.2, -0.15) is 0 Å². The molecule has 0 fully saturated rings. The van der Waals surface area contributed by atoms with Crippen molar-refractivity contribution in [3.05, 3.63) is 39.4 Å². The lowest BCUT2D eigenvalue weighted by atomic mass is 10.1. The van der Waals surface area contributed by atoms with Gasteiger partial charge in [0.25, 0.3) is 11.6 Å². The molecule has 0 saturated carbocycles. The van der Waals surface area contributed by atoms with Crippen LogP contribution in [0.1, 0.15) is 29.3 Å². The predicted octanol–water partition coefficient (Wildman–Crippen LogP) is 1.40. The molecule has 0 aromatic heterocycles. The van der Waals surface area contributed by atoms with Crippen LogP contribution in [0.5, 0.6) is 0 Å². The Bertz CT molecular complexity index is 455. The van der Waals surface area contributed by atoms with E-state index in [0.717, 1.165) is 0 Å². The van der Waals surface area contributed by atoms with Crippen LogP contribution >= 0.6 is 0 Å². The van der Waals surface area contributed by atoms with E-state index in [2.05, 4.69) is 5.32 Å². The van der Waals surface area contributed by atoms with E-state index >= 15 is 0 Å². The van der Waals surface area contributed by atoms with Gasteiger partial charge in [0.05, 0.1) is 17.6 Å². The van der Waals surface area contributed by atoms with Crippen LogP contribution in [0.3, 0.4) is 0 Å². The number of amides is 1. The third-order valence-electron chi connectivity index (χ3n) is 2.73. The van der Waals surface area contributed by atoms with E-state index in [0.29, 0.717) is 12.0 Å². The molecule has 6 nitrogen and oxygen atoms in total. The fourth-order valence-corrected chi connectivity index (χ4v) is 1.51. The molecule has 98 valence electrons. The smallest absolute Gasteiger partial charge is 0.270 e. The van der Waals surface area contributed by atoms with Crippen LogP contribution in [0.4, 0.5) is 5.69 Å². The average Bonchev–Trinajstić information content (AvgIpc) is 2.35. The molecule has 0 spiro atoms. The van der Waals surface area contributed by atoms with Gasteiger partial charge in [-0.3, -0.25) is 14.9 Å². The number of benzene rings is 1. The van der Waals surface area contributed by atoms with Crippen molar-refractivity contribution >= 4 is 11.6 Å². The van der Waals surface area contributed by atoms with Crippen LogP contribution in [0.2, 0.25) is 0 Å². The van der Waals surface area contributed by atoms with E-state index in [-0.39, 0.29) is 23.9 Å². The minimum absolute atomic E-state index is 0.122. The maximum Gasteiger partial charge on any atom is 0.270 e.